The maximum absolute atomic E-state index is 13.2. The number of halogens is 1. The number of ether oxygens (including phenoxy) is 3. The van der Waals surface area contributed by atoms with Crippen LogP contribution in [0.25, 0.3) is 0 Å². The van der Waals surface area contributed by atoms with Gasteiger partial charge in [0.1, 0.15) is 21.4 Å². The minimum Gasteiger partial charge on any atom is -0.495 e. The number of sulfonamides is 1. The highest BCUT2D eigenvalue weighted by Gasteiger charge is 2.30. The van der Waals surface area contributed by atoms with Crippen LogP contribution in [0.2, 0.25) is 5.02 Å². The number of esters is 1. The number of rotatable bonds is 7. The summed E-state index contributed by atoms with van der Waals surface area (Å²) in [5.74, 6) is -0.253. The highest BCUT2D eigenvalue weighted by molar-refractivity contribution is 7.93. The van der Waals surface area contributed by atoms with Crippen LogP contribution in [-0.4, -0.2) is 35.2 Å². The molecule has 0 fully saturated rings. The summed E-state index contributed by atoms with van der Waals surface area (Å²) in [7, 11) is -1.34. The maximum atomic E-state index is 13.2. The van der Waals surface area contributed by atoms with Gasteiger partial charge in [0, 0.05) is 17.0 Å². The molecule has 1 heterocycles. The molecule has 1 aliphatic carbocycles. The smallest absolute Gasteiger partial charge is 0.341 e. The molecule has 0 saturated carbocycles. The Balaban J connectivity index is 2.08. The SMILES string of the molecule is CCOC(=O)c1c(NS(=O)(=O)c2cc(OC)c(Cl)cc2OC)sc2c1CCCC2. The number of thiophene rings is 1. The Morgan fingerprint density at radius 3 is 2.52 bits per heavy atom. The van der Waals surface area contributed by atoms with E-state index in [1.165, 1.54) is 37.7 Å². The highest BCUT2D eigenvalue weighted by atomic mass is 35.5. The number of benzene rings is 1. The molecule has 158 valence electrons. The zero-order valence-corrected chi connectivity index (χ0v) is 18.7. The lowest BCUT2D eigenvalue weighted by Crippen LogP contribution is -2.17. The number of hydrogen-bond acceptors (Lipinski definition) is 7. The first-order valence-corrected chi connectivity index (χ1v) is 11.8. The number of aryl methyl sites for hydroxylation is 1. The molecule has 0 saturated heterocycles. The number of nitrogens with one attached hydrogen (secondary N) is 1. The minimum absolute atomic E-state index is 0.0716. The maximum Gasteiger partial charge on any atom is 0.341 e. The van der Waals surface area contributed by atoms with Gasteiger partial charge in [-0.05, 0) is 38.2 Å². The minimum atomic E-state index is -4.09. The van der Waals surface area contributed by atoms with Crippen molar-refractivity contribution < 1.29 is 27.4 Å². The summed E-state index contributed by atoms with van der Waals surface area (Å²) in [5, 5.41) is 0.480. The molecule has 1 aromatic heterocycles. The number of fused-ring (bicyclic) bond motifs is 1. The van der Waals surface area contributed by atoms with Crippen molar-refractivity contribution in [2.45, 2.75) is 37.5 Å². The first-order chi connectivity index (χ1) is 13.8. The zero-order chi connectivity index (χ0) is 21.2. The predicted octanol–water partition coefficient (Wildman–Crippen LogP) is 4.28. The lowest BCUT2D eigenvalue weighted by atomic mass is 9.95. The second-order valence-electron chi connectivity index (χ2n) is 6.38. The average molecular weight is 460 g/mol. The van der Waals surface area contributed by atoms with Gasteiger partial charge in [-0.25, -0.2) is 13.2 Å². The molecule has 2 aromatic rings. The lowest BCUT2D eigenvalue weighted by Gasteiger charge is -2.14. The van der Waals surface area contributed by atoms with Gasteiger partial charge in [-0.3, -0.25) is 4.72 Å². The van der Waals surface area contributed by atoms with Gasteiger partial charge in [0.25, 0.3) is 10.0 Å². The predicted molar refractivity (Wildman–Crippen MR) is 112 cm³/mol. The fourth-order valence-electron chi connectivity index (χ4n) is 3.28. The van der Waals surface area contributed by atoms with Gasteiger partial charge in [-0.1, -0.05) is 11.6 Å². The standard InChI is InChI=1S/C19H22ClNO6S2/c1-4-27-19(22)17-11-7-5-6-8-15(11)28-18(17)21-29(23,24)16-10-13(25-2)12(20)9-14(16)26-3/h9-10,21H,4-8H2,1-3H3. The van der Waals surface area contributed by atoms with Crippen molar-refractivity contribution in [3.8, 4) is 11.5 Å². The van der Waals surface area contributed by atoms with Crippen molar-refractivity contribution in [2.24, 2.45) is 0 Å². The van der Waals surface area contributed by atoms with Crippen LogP contribution < -0.4 is 14.2 Å². The molecule has 29 heavy (non-hydrogen) atoms. The van der Waals surface area contributed by atoms with E-state index >= 15 is 0 Å². The van der Waals surface area contributed by atoms with E-state index in [2.05, 4.69) is 4.72 Å². The summed E-state index contributed by atoms with van der Waals surface area (Å²) in [6.45, 7) is 1.92. The largest absolute Gasteiger partial charge is 0.495 e. The molecular formula is C19H22ClNO6S2. The fraction of sp³-hybridized carbons (Fsp3) is 0.421. The van der Waals surface area contributed by atoms with E-state index in [1.54, 1.807) is 6.92 Å². The second kappa shape index (κ2) is 8.81. The van der Waals surface area contributed by atoms with E-state index in [9.17, 15) is 13.2 Å². The van der Waals surface area contributed by atoms with E-state index in [0.29, 0.717) is 5.56 Å². The topological polar surface area (TPSA) is 90.9 Å². The normalized spacial score (nSPS) is 13.5. The number of hydrogen-bond donors (Lipinski definition) is 1. The summed E-state index contributed by atoms with van der Waals surface area (Å²) < 4.78 is 44.4. The summed E-state index contributed by atoms with van der Waals surface area (Å²) in [4.78, 5) is 13.5. The molecule has 0 aliphatic heterocycles. The number of anilines is 1. The average Bonchev–Trinajstić information content (AvgIpc) is 3.04. The van der Waals surface area contributed by atoms with E-state index in [1.807, 2.05) is 0 Å². The Bertz CT molecular complexity index is 1030. The fourth-order valence-corrected chi connectivity index (χ4v) is 6.26. The molecule has 0 bridgehead atoms. The molecule has 1 aromatic carbocycles. The second-order valence-corrected chi connectivity index (χ2v) is 9.54. The van der Waals surface area contributed by atoms with Crippen LogP contribution in [0.4, 0.5) is 5.00 Å². The molecule has 3 rings (SSSR count). The highest BCUT2D eigenvalue weighted by Crippen LogP contribution is 2.41. The Hall–Kier alpha value is -1.97. The van der Waals surface area contributed by atoms with Crippen LogP contribution in [0.15, 0.2) is 17.0 Å². The lowest BCUT2D eigenvalue weighted by molar-refractivity contribution is 0.0526. The van der Waals surface area contributed by atoms with Gasteiger partial charge in [0.2, 0.25) is 0 Å². The summed E-state index contributed by atoms with van der Waals surface area (Å²) in [5.41, 5.74) is 1.17. The summed E-state index contributed by atoms with van der Waals surface area (Å²) >= 11 is 7.36. The number of methoxy groups -OCH3 is 2. The third-order valence-corrected chi connectivity index (χ3v) is 7.61. The monoisotopic (exact) mass is 459 g/mol. The zero-order valence-electron chi connectivity index (χ0n) is 16.3. The molecule has 0 spiro atoms. The molecule has 0 radical (unpaired) electrons. The summed E-state index contributed by atoms with van der Waals surface area (Å²) in [6.07, 6.45) is 3.49. The Morgan fingerprint density at radius 2 is 1.86 bits per heavy atom. The van der Waals surface area contributed by atoms with Crippen molar-refractivity contribution >= 4 is 43.9 Å². The van der Waals surface area contributed by atoms with Crippen molar-refractivity contribution in [3.63, 3.8) is 0 Å². The molecule has 0 amide bonds. The first kappa shape index (κ1) is 21.7. The van der Waals surface area contributed by atoms with Crippen LogP contribution in [0.1, 0.15) is 40.6 Å². The first-order valence-electron chi connectivity index (χ1n) is 9.08. The van der Waals surface area contributed by atoms with E-state index in [-0.39, 0.29) is 33.0 Å². The van der Waals surface area contributed by atoms with Gasteiger partial charge in [0.05, 0.1) is 31.4 Å². The van der Waals surface area contributed by atoms with Crippen LogP contribution in [0.3, 0.4) is 0 Å². The molecule has 7 nitrogen and oxygen atoms in total. The Morgan fingerprint density at radius 1 is 1.17 bits per heavy atom. The summed E-state index contributed by atoms with van der Waals surface area (Å²) in [6, 6.07) is 2.67. The number of carbonyl (C=O) groups is 1. The molecule has 0 atom stereocenters. The molecule has 10 heteroatoms. The van der Waals surface area contributed by atoms with Crippen molar-refractivity contribution in [1.82, 2.24) is 0 Å². The van der Waals surface area contributed by atoms with Crippen molar-refractivity contribution in [2.75, 3.05) is 25.5 Å². The van der Waals surface area contributed by atoms with Crippen LogP contribution in [-0.2, 0) is 27.6 Å². The molecule has 1 aliphatic rings. The Kier molecular flexibility index (Phi) is 6.60. The van der Waals surface area contributed by atoms with E-state index in [4.69, 9.17) is 25.8 Å². The van der Waals surface area contributed by atoms with Crippen LogP contribution in [0.5, 0.6) is 11.5 Å². The van der Waals surface area contributed by atoms with Gasteiger partial charge in [-0.2, -0.15) is 0 Å². The molecular weight excluding hydrogens is 438 g/mol. The van der Waals surface area contributed by atoms with E-state index < -0.39 is 16.0 Å². The van der Waals surface area contributed by atoms with Crippen molar-refractivity contribution in [3.05, 3.63) is 33.2 Å². The Labute approximate surface area is 179 Å². The quantitative estimate of drug-likeness (QED) is 0.621. The van der Waals surface area contributed by atoms with Gasteiger partial charge in [0.15, 0.2) is 0 Å². The van der Waals surface area contributed by atoms with Crippen LogP contribution >= 0.6 is 22.9 Å². The molecule has 0 unspecified atom stereocenters. The molecule has 1 N–H and O–H groups in total. The third kappa shape index (κ3) is 4.31. The van der Waals surface area contributed by atoms with Crippen LogP contribution in [0, 0.1) is 0 Å². The van der Waals surface area contributed by atoms with Gasteiger partial charge < -0.3 is 14.2 Å². The van der Waals surface area contributed by atoms with Gasteiger partial charge >= 0.3 is 5.97 Å². The third-order valence-electron chi connectivity index (χ3n) is 4.61. The number of carbonyl (C=O) groups excluding carboxylic acids is 1. The van der Waals surface area contributed by atoms with Crippen molar-refractivity contribution in [1.29, 1.82) is 0 Å². The van der Waals surface area contributed by atoms with E-state index in [0.717, 1.165) is 36.1 Å². The van der Waals surface area contributed by atoms with Gasteiger partial charge in [-0.15, -0.1) is 11.3 Å².